The smallest absolute Gasteiger partial charge is 0.214 e. The maximum absolute atomic E-state index is 6.38. The van der Waals surface area contributed by atoms with Crippen molar-refractivity contribution in [2.24, 2.45) is 5.10 Å². The highest BCUT2D eigenvalue weighted by Crippen LogP contribution is 2.50. The van der Waals surface area contributed by atoms with E-state index in [1.165, 1.54) is 4.88 Å². The van der Waals surface area contributed by atoms with Gasteiger partial charge in [-0.2, -0.15) is 16.4 Å². The fraction of sp³-hybridized carbons (Fsp3) is 0.211. The van der Waals surface area contributed by atoms with Gasteiger partial charge in [0.25, 0.3) is 0 Å². The third kappa shape index (κ3) is 2.36. The number of thiophene rings is 2. The third-order valence-corrected chi connectivity index (χ3v) is 6.25. The molecule has 3 aromatic rings. The molecular formula is C19H16N2O2S2. The number of benzene rings is 1. The second kappa shape index (κ2) is 5.89. The number of rotatable bonds is 3. The van der Waals surface area contributed by atoms with Crippen molar-refractivity contribution in [2.75, 3.05) is 7.11 Å². The Morgan fingerprint density at radius 3 is 2.92 bits per heavy atom. The fourth-order valence-corrected chi connectivity index (χ4v) is 4.86. The summed E-state index contributed by atoms with van der Waals surface area (Å²) in [5.41, 5.74) is 3.39. The van der Waals surface area contributed by atoms with Crippen LogP contribution in [-0.2, 0) is 0 Å². The van der Waals surface area contributed by atoms with Crippen LogP contribution < -0.4 is 9.47 Å². The highest BCUT2D eigenvalue weighted by atomic mass is 32.1. The van der Waals surface area contributed by atoms with E-state index in [-0.39, 0.29) is 12.3 Å². The molecule has 0 spiro atoms. The number of hydrogen-bond acceptors (Lipinski definition) is 6. The first kappa shape index (κ1) is 15.0. The Labute approximate surface area is 153 Å². The summed E-state index contributed by atoms with van der Waals surface area (Å²) in [6.45, 7) is 0. The monoisotopic (exact) mass is 368 g/mol. The zero-order valence-corrected chi connectivity index (χ0v) is 15.2. The van der Waals surface area contributed by atoms with E-state index in [1.54, 1.807) is 29.8 Å². The van der Waals surface area contributed by atoms with Crippen molar-refractivity contribution in [3.63, 3.8) is 0 Å². The van der Waals surface area contributed by atoms with Gasteiger partial charge in [-0.3, -0.25) is 0 Å². The minimum absolute atomic E-state index is 0.167. The van der Waals surface area contributed by atoms with Crippen molar-refractivity contribution >= 4 is 28.4 Å². The molecule has 0 aliphatic carbocycles. The van der Waals surface area contributed by atoms with E-state index >= 15 is 0 Å². The van der Waals surface area contributed by atoms with Crippen LogP contribution in [0.25, 0.3) is 0 Å². The molecule has 2 aromatic heterocycles. The summed E-state index contributed by atoms with van der Waals surface area (Å²) >= 11 is 3.41. The van der Waals surface area contributed by atoms with Gasteiger partial charge in [-0.25, -0.2) is 5.01 Å². The molecule has 25 heavy (non-hydrogen) atoms. The molecular weight excluding hydrogens is 352 g/mol. The molecule has 0 fully saturated rings. The summed E-state index contributed by atoms with van der Waals surface area (Å²) in [6.07, 6.45) is 0.655. The molecule has 6 heteroatoms. The van der Waals surface area contributed by atoms with Crippen molar-refractivity contribution in [2.45, 2.75) is 18.7 Å². The Balaban J connectivity index is 1.63. The van der Waals surface area contributed by atoms with Gasteiger partial charge in [-0.1, -0.05) is 18.2 Å². The lowest BCUT2D eigenvalue weighted by Crippen LogP contribution is -2.33. The number of fused-ring (bicyclic) bond motifs is 3. The molecule has 126 valence electrons. The standard InChI is InChI=1S/C19H16N2O2S2/c1-22-16-5-2-4-13-15-10-14(17-6-3-8-25-17)20-21(15)19(23-18(13)16)12-7-9-24-11-12/h2-9,11,15,19H,10H2,1H3. The van der Waals surface area contributed by atoms with Crippen LogP contribution in [-0.4, -0.2) is 17.8 Å². The predicted octanol–water partition coefficient (Wildman–Crippen LogP) is 5.06. The van der Waals surface area contributed by atoms with Gasteiger partial charge in [0.05, 0.1) is 23.7 Å². The summed E-state index contributed by atoms with van der Waals surface area (Å²) in [5.74, 6) is 1.62. The summed E-state index contributed by atoms with van der Waals surface area (Å²) in [4.78, 5) is 1.22. The highest BCUT2D eigenvalue weighted by molar-refractivity contribution is 7.12. The molecule has 4 nitrogen and oxygen atoms in total. The summed E-state index contributed by atoms with van der Waals surface area (Å²) in [6, 6.07) is 12.6. The van der Waals surface area contributed by atoms with Crippen LogP contribution in [0.5, 0.6) is 11.5 Å². The topological polar surface area (TPSA) is 34.1 Å². The minimum atomic E-state index is -0.225. The molecule has 4 heterocycles. The van der Waals surface area contributed by atoms with Crippen molar-refractivity contribution in [1.82, 2.24) is 5.01 Å². The number of hydrazone groups is 1. The zero-order valence-electron chi connectivity index (χ0n) is 13.6. The van der Waals surface area contributed by atoms with Gasteiger partial charge < -0.3 is 9.47 Å². The van der Waals surface area contributed by atoms with Crippen LogP contribution in [0.2, 0.25) is 0 Å². The lowest BCUT2D eigenvalue weighted by Gasteiger charge is -2.38. The first-order valence-electron chi connectivity index (χ1n) is 8.10. The molecule has 2 aliphatic rings. The molecule has 0 N–H and O–H groups in total. The molecule has 2 aliphatic heterocycles. The first-order valence-corrected chi connectivity index (χ1v) is 9.93. The van der Waals surface area contributed by atoms with E-state index < -0.39 is 0 Å². The molecule has 2 atom stereocenters. The zero-order chi connectivity index (χ0) is 16.8. The summed E-state index contributed by atoms with van der Waals surface area (Å²) in [5, 5.41) is 13.4. The van der Waals surface area contributed by atoms with Gasteiger partial charge in [0.2, 0.25) is 6.23 Å². The molecule has 0 amide bonds. The Bertz CT molecular complexity index is 919. The molecule has 0 saturated heterocycles. The average molecular weight is 368 g/mol. The van der Waals surface area contributed by atoms with Gasteiger partial charge in [0.1, 0.15) is 0 Å². The van der Waals surface area contributed by atoms with E-state index in [4.69, 9.17) is 14.6 Å². The van der Waals surface area contributed by atoms with E-state index in [9.17, 15) is 0 Å². The van der Waals surface area contributed by atoms with E-state index in [0.717, 1.165) is 34.8 Å². The molecule has 0 bridgehead atoms. The van der Waals surface area contributed by atoms with Crippen LogP contribution in [0.3, 0.4) is 0 Å². The van der Waals surface area contributed by atoms with E-state index in [2.05, 4.69) is 45.4 Å². The number of ether oxygens (including phenoxy) is 2. The van der Waals surface area contributed by atoms with Crippen LogP contribution in [0.15, 0.2) is 57.6 Å². The fourth-order valence-electron chi connectivity index (χ4n) is 3.47. The Morgan fingerprint density at radius 1 is 1.20 bits per heavy atom. The van der Waals surface area contributed by atoms with Gasteiger partial charge in [0, 0.05) is 17.5 Å². The SMILES string of the molecule is COc1cccc2c1OC(c1ccsc1)N1N=C(c3cccs3)CC21. The predicted molar refractivity (Wildman–Crippen MR) is 101 cm³/mol. The first-order chi connectivity index (χ1) is 12.3. The summed E-state index contributed by atoms with van der Waals surface area (Å²) in [7, 11) is 1.69. The maximum Gasteiger partial charge on any atom is 0.214 e. The molecule has 0 saturated carbocycles. The van der Waals surface area contributed by atoms with Crippen molar-refractivity contribution in [1.29, 1.82) is 0 Å². The second-order valence-electron chi connectivity index (χ2n) is 6.03. The van der Waals surface area contributed by atoms with Gasteiger partial charge in [-0.05, 0) is 34.3 Å². The molecule has 0 radical (unpaired) electrons. The van der Waals surface area contributed by atoms with Gasteiger partial charge >= 0.3 is 0 Å². The number of nitrogens with zero attached hydrogens (tertiary/aromatic N) is 2. The Morgan fingerprint density at radius 2 is 2.16 bits per heavy atom. The van der Waals surface area contributed by atoms with Crippen molar-refractivity contribution in [3.8, 4) is 11.5 Å². The van der Waals surface area contributed by atoms with Gasteiger partial charge in [0.15, 0.2) is 11.5 Å². The van der Waals surface area contributed by atoms with E-state index in [0.29, 0.717) is 0 Å². The summed E-state index contributed by atoms with van der Waals surface area (Å²) < 4.78 is 11.9. The van der Waals surface area contributed by atoms with Crippen LogP contribution in [0.1, 0.15) is 34.7 Å². The van der Waals surface area contributed by atoms with Crippen LogP contribution in [0.4, 0.5) is 0 Å². The second-order valence-corrected chi connectivity index (χ2v) is 7.76. The normalized spacial score (nSPS) is 21.3. The Hall–Kier alpha value is -2.31. The molecule has 2 unspecified atom stereocenters. The minimum Gasteiger partial charge on any atom is -0.493 e. The van der Waals surface area contributed by atoms with Crippen molar-refractivity contribution < 1.29 is 9.47 Å². The number of hydrogen-bond donors (Lipinski definition) is 0. The molecule has 5 rings (SSSR count). The number of para-hydroxylation sites is 1. The molecule has 1 aromatic carbocycles. The quantitative estimate of drug-likeness (QED) is 0.648. The highest BCUT2D eigenvalue weighted by Gasteiger charge is 2.42. The lowest BCUT2D eigenvalue weighted by atomic mass is 9.97. The average Bonchev–Trinajstić information content (AvgIpc) is 3.41. The van der Waals surface area contributed by atoms with E-state index in [1.807, 2.05) is 12.1 Å². The van der Waals surface area contributed by atoms with Gasteiger partial charge in [-0.15, -0.1) is 11.3 Å². The van der Waals surface area contributed by atoms with Crippen molar-refractivity contribution in [3.05, 3.63) is 68.5 Å². The maximum atomic E-state index is 6.38. The largest absolute Gasteiger partial charge is 0.493 e. The third-order valence-electron chi connectivity index (χ3n) is 4.63. The van der Waals surface area contributed by atoms with Crippen LogP contribution in [0, 0.1) is 0 Å². The number of methoxy groups -OCH3 is 1. The lowest BCUT2D eigenvalue weighted by molar-refractivity contribution is -0.0206. The Kier molecular flexibility index (Phi) is 3.53. The van der Waals surface area contributed by atoms with Crippen LogP contribution >= 0.6 is 22.7 Å².